The summed E-state index contributed by atoms with van der Waals surface area (Å²) in [6, 6.07) is 7.52. The Labute approximate surface area is 161 Å². The molecule has 1 saturated carbocycles. The fraction of sp³-hybridized carbons (Fsp3) is 0.474. The van der Waals surface area contributed by atoms with Crippen LogP contribution in [0.4, 0.5) is 4.79 Å². The molecule has 1 amide bonds. The van der Waals surface area contributed by atoms with Crippen LogP contribution in [-0.4, -0.2) is 35.2 Å². The van der Waals surface area contributed by atoms with Crippen molar-refractivity contribution in [3.8, 4) is 5.75 Å². The van der Waals surface area contributed by atoms with Crippen molar-refractivity contribution in [2.75, 3.05) is 13.1 Å². The summed E-state index contributed by atoms with van der Waals surface area (Å²) in [6.07, 6.45) is 4.16. The van der Waals surface area contributed by atoms with Gasteiger partial charge < -0.3 is 14.4 Å². The van der Waals surface area contributed by atoms with Gasteiger partial charge in [0.2, 0.25) is 0 Å². The summed E-state index contributed by atoms with van der Waals surface area (Å²) in [5, 5.41) is 2.62. The molecule has 0 N–H and O–H groups in total. The normalized spacial score (nSPS) is 19.2. The fourth-order valence-electron chi connectivity index (χ4n) is 3.80. The van der Waals surface area contributed by atoms with Crippen LogP contribution in [0.2, 0.25) is 5.02 Å². The molecule has 1 aromatic heterocycles. The average molecular weight is 393 g/mol. The Balaban J connectivity index is 1.20. The topological polar surface area (TPSA) is 51.7 Å². The van der Waals surface area contributed by atoms with Gasteiger partial charge in [-0.05, 0) is 55.4 Å². The lowest BCUT2D eigenvalue weighted by Crippen LogP contribution is -2.52. The summed E-state index contributed by atoms with van der Waals surface area (Å²) in [4.78, 5) is 18.1. The van der Waals surface area contributed by atoms with Crippen molar-refractivity contribution < 1.29 is 14.3 Å². The highest BCUT2D eigenvalue weighted by Gasteiger charge is 2.47. The quantitative estimate of drug-likeness (QED) is 0.752. The largest absolute Gasteiger partial charge is 0.490 e. The minimum absolute atomic E-state index is 0.235. The van der Waals surface area contributed by atoms with Gasteiger partial charge in [0.15, 0.2) is 0 Å². The maximum absolute atomic E-state index is 12.2. The number of thiazole rings is 1. The molecule has 26 heavy (non-hydrogen) atoms. The lowest BCUT2D eigenvalue weighted by Gasteiger charge is -2.51. The summed E-state index contributed by atoms with van der Waals surface area (Å²) in [7, 11) is 0. The Hall–Kier alpha value is -1.79. The molecule has 1 aliphatic heterocycles. The predicted octanol–water partition coefficient (Wildman–Crippen LogP) is 4.76. The number of carbonyl (C=O) groups excluding carboxylic acids is 1. The van der Waals surface area contributed by atoms with E-state index in [2.05, 4.69) is 4.98 Å². The Morgan fingerprint density at radius 1 is 1.27 bits per heavy atom. The minimum atomic E-state index is -0.235. The summed E-state index contributed by atoms with van der Waals surface area (Å²) in [6.45, 7) is 1.76. The van der Waals surface area contributed by atoms with Crippen LogP contribution in [0.25, 0.3) is 0 Å². The van der Waals surface area contributed by atoms with Crippen LogP contribution in [0, 0.1) is 5.41 Å². The number of likely N-dealkylation sites (tertiary alicyclic amines) is 1. The molecule has 1 spiro atoms. The monoisotopic (exact) mass is 392 g/mol. The van der Waals surface area contributed by atoms with E-state index < -0.39 is 0 Å². The fourth-order valence-corrected chi connectivity index (χ4v) is 4.47. The number of nitrogens with zero attached hydrogens (tertiary/aromatic N) is 2. The highest BCUT2D eigenvalue weighted by atomic mass is 35.5. The summed E-state index contributed by atoms with van der Waals surface area (Å²) >= 11 is 7.41. The third-order valence-corrected chi connectivity index (χ3v) is 6.23. The Bertz CT molecular complexity index is 735. The number of rotatable bonds is 4. The summed E-state index contributed by atoms with van der Waals surface area (Å²) < 4.78 is 11.4. The van der Waals surface area contributed by atoms with Crippen LogP contribution in [0.5, 0.6) is 5.75 Å². The number of hydrogen-bond acceptors (Lipinski definition) is 5. The van der Waals surface area contributed by atoms with Gasteiger partial charge in [-0.3, -0.25) is 0 Å². The van der Waals surface area contributed by atoms with Gasteiger partial charge in [-0.15, -0.1) is 11.3 Å². The molecule has 138 valence electrons. The van der Waals surface area contributed by atoms with E-state index in [9.17, 15) is 4.79 Å². The van der Waals surface area contributed by atoms with Crippen molar-refractivity contribution in [3.05, 3.63) is 45.9 Å². The zero-order valence-corrected chi connectivity index (χ0v) is 16.0. The van der Waals surface area contributed by atoms with E-state index in [0.29, 0.717) is 5.41 Å². The van der Waals surface area contributed by atoms with Crippen LogP contribution in [0.1, 0.15) is 31.4 Å². The molecule has 0 atom stereocenters. The molecule has 1 aliphatic carbocycles. The number of carbonyl (C=O) groups is 1. The minimum Gasteiger partial charge on any atom is -0.490 e. The molecule has 2 aromatic rings. The first-order chi connectivity index (χ1) is 12.6. The number of ether oxygens (including phenoxy) is 2. The molecule has 0 unspecified atom stereocenters. The van der Waals surface area contributed by atoms with Crippen LogP contribution in [0.15, 0.2) is 35.2 Å². The van der Waals surface area contributed by atoms with Crippen LogP contribution in [-0.2, 0) is 11.3 Å². The summed E-state index contributed by atoms with van der Waals surface area (Å²) in [5.74, 6) is 0.873. The standard InChI is InChI=1S/C19H21ClN2O3S/c20-14-1-3-16(4-2-14)25-17-9-19(10-17)5-7-22(8-6-19)18(23)24-11-15-12-26-13-21-15/h1-4,12-13,17H,5-11H2. The second-order valence-electron chi connectivity index (χ2n) is 7.12. The first-order valence-electron chi connectivity index (χ1n) is 8.83. The maximum Gasteiger partial charge on any atom is 0.410 e. The van der Waals surface area contributed by atoms with E-state index in [4.69, 9.17) is 21.1 Å². The van der Waals surface area contributed by atoms with E-state index in [1.807, 2.05) is 34.5 Å². The zero-order chi connectivity index (χ0) is 18.0. The highest BCUT2D eigenvalue weighted by molar-refractivity contribution is 7.07. The van der Waals surface area contributed by atoms with Crippen LogP contribution < -0.4 is 4.74 Å². The smallest absolute Gasteiger partial charge is 0.410 e. The van der Waals surface area contributed by atoms with Gasteiger partial charge in [-0.25, -0.2) is 9.78 Å². The molecular formula is C19H21ClN2O3S. The van der Waals surface area contributed by atoms with Crippen molar-refractivity contribution in [2.24, 2.45) is 5.41 Å². The zero-order valence-electron chi connectivity index (χ0n) is 14.4. The average Bonchev–Trinajstić information content (AvgIpc) is 3.14. The Morgan fingerprint density at radius 3 is 2.65 bits per heavy atom. The van der Waals surface area contributed by atoms with Crippen LogP contribution in [0.3, 0.4) is 0 Å². The molecule has 1 saturated heterocycles. The number of amides is 1. The molecule has 7 heteroatoms. The lowest BCUT2D eigenvalue weighted by molar-refractivity contribution is -0.0536. The first-order valence-corrected chi connectivity index (χ1v) is 10.2. The molecule has 2 heterocycles. The molecule has 0 radical (unpaired) electrons. The molecule has 4 rings (SSSR count). The molecule has 2 aliphatic rings. The third-order valence-electron chi connectivity index (χ3n) is 5.35. The number of benzene rings is 1. The van der Waals surface area contributed by atoms with E-state index in [-0.39, 0.29) is 18.8 Å². The number of aromatic nitrogens is 1. The van der Waals surface area contributed by atoms with Gasteiger partial charge in [-0.2, -0.15) is 0 Å². The summed E-state index contributed by atoms with van der Waals surface area (Å²) in [5.41, 5.74) is 2.87. The first kappa shape index (κ1) is 17.6. The maximum atomic E-state index is 12.2. The molecule has 2 fully saturated rings. The number of hydrogen-bond donors (Lipinski definition) is 0. The van der Waals surface area contributed by atoms with E-state index in [0.717, 1.165) is 55.2 Å². The van der Waals surface area contributed by atoms with E-state index in [1.165, 1.54) is 11.3 Å². The van der Waals surface area contributed by atoms with Gasteiger partial charge in [-0.1, -0.05) is 11.6 Å². The van der Waals surface area contributed by atoms with Gasteiger partial charge in [0.05, 0.1) is 17.3 Å². The van der Waals surface area contributed by atoms with Gasteiger partial charge >= 0.3 is 6.09 Å². The Kier molecular flexibility index (Phi) is 5.05. The second-order valence-corrected chi connectivity index (χ2v) is 8.28. The van der Waals surface area contributed by atoms with Gasteiger partial charge in [0.1, 0.15) is 12.4 Å². The number of piperidine rings is 1. The van der Waals surface area contributed by atoms with Crippen molar-refractivity contribution in [1.29, 1.82) is 0 Å². The second kappa shape index (κ2) is 7.45. The third kappa shape index (κ3) is 3.96. The van der Waals surface area contributed by atoms with Crippen molar-refractivity contribution >= 4 is 29.0 Å². The number of halogens is 1. The lowest BCUT2D eigenvalue weighted by atomic mass is 9.61. The van der Waals surface area contributed by atoms with E-state index >= 15 is 0 Å². The van der Waals surface area contributed by atoms with Crippen LogP contribution >= 0.6 is 22.9 Å². The van der Waals surface area contributed by atoms with Gasteiger partial charge in [0, 0.05) is 23.5 Å². The van der Waals surface area contributed by atoms with Gasteiger partial charge in [0.25, 0.3) is 0 Å². The predicted molar refractivity (Wildman–Crippen MR) is 101 cm³/mol. The van der Waals surface area contributed by atoms with Crippen molar-refractivity contribution in [3.63, 3.8) is 0 Å². The highest BCUT2D eigenvalue weighted by Crippen LogP contribution is 2.50. The Morgan fingerprint density at radius 2 is 2.00 bits per heavy atom. The van der Waals surface area contributed by atoms with E-state index in [1.54, 1.807) is 5.51 Å². The SMILES string of the molecule is O=C(OCc1cscn1)N1CCC2(CC1)CC(Oc1ccc(Cl)cc1)C2. The molecular weight excluding hydrogens is 372 g/mol. The molecule has 1 aromatic carbocycles. The molecule has 0 bridgehead atoms. The van der Waals surface area contributed by atoms with Crippen molar-refractivity contribution in [2.45, 2.75) is 38.4 Å². The molecule has 5 nitrogen and oxygen atoms in total. The van der Waals surface area contributed by atoms with Crippen molar-refractivity contribution in [1.82, 2.24) is 9.88 Å².